The fourth-order valence-corrected chi connectivity index (χ4v) is 1.03. The summed E-state index contributed by atoms with van der Waals surface area (Å²) in [5.41, 5.74) is 5.15. The molecule has 0 heterocycles. The number of primary amides is 1. The van der Waals surface area contributed by atoms with Gasteiger partial charge in [-0.05, 0) is 18.2 Å². The van der Waals surface area contributed by atoms with Crippen molar-refractivity contribution in [3.8, 4) is 0 Å². The Labute approximate surface area is 85.5 Å². The molecular formula is C9H10FN3O2. The lowest BCUT2D eigenvalue weighted by Gasteiger charge is -2.06. The number of anilines is 2. The van der Waals surface area contributed by atoms with E-state index >= 15 is 0 Å². The van der Waals surface area contributed by atoms with Crippen molar-refractivity contribution in [2.75, 3.05) is 10.6 Å². The molecule has 0 unspecified atom stereocenters. The van der Waals surface area contributed by atoms with Crippen molar-refractivity contribution in [3.05, 3.63) is 24.0 Å². The predicted octanol–water partition coefficient (Wildman–Crippen LogP) is 1.27. The Morgan fingerprint density at radius 2 is 2.00 bits per heavy atom. The highest BCUT2D eigenvalue weighted by atomic mass is 19.1. The zero-order chi connectivity index (χ0) is 11.4. The van der Waals surface area contributed by atoms with E-state index < -0.39 is 11.8 Å². The molecule has 0 aromatic heterocycles. The third-order valence-corrected chi connectivity index (χ3v) is 1.54. The van der Waals surface area contributed by atoms with Crippen molar-refractivity contribution in [3.63, 3.8) is 0 Å². The summed E-state index contributed by atoms with van der Waals surface area (Å²) in [7, 11) is 0. The zero-order valence-corrected chi connectivity index (χ0v) is 8.00. The number of urea groups is 1. The number of carbonyl (C=O) groups is 2. The van der Waals surface area contributed by atoms with Crippen molar-refractivity contribution < 1.29 is 14.0 Å². The Kier molecular flexibility index (Phi) is 3.22. The molecule has 0 fully saturated rings. The van der Waals surface area contributed by atoms with E-state index in [4.69, 9.17) is 5.73 Å². The molecule has 1 aromatic rings. The molecule has 3 amide bonds. The lowest BCUT2D eigenvalue weighted by atomic mass is 10.2. The van der Waals surface area contributed by atoms with Crippen LogP contribution in [0.5, 0.6) is 0 Å². The van der Waals surface area contributed by atoms with Crippen LogP contribution in [0, 0.1) is 5.82 Å². The Balaban J connectivity index is 2.94. The first-order chi connectivity index (χ1) is 6.99. The van der Waals surface area contributed by atoms with E-state index in [2.05, 4.69) is 10.6 Å². The first-order valence-electron chi connectivity index (χ1n) is 4.12. The van der Waals surface area contributed by atoms with E-state index in [1.807, 2.05) is 0 Å². The van der Waals surface area contributed by atoms with Crippen LogP contribution in [0.1, 0.15) is 6.92 Å². The monoisotopic (exact) mass is 211 g/mol. The summed E-state index contributed by atoms with van der Waals surface area (Å²) in [5.74, 6) is -0.908. The fourth-order valence-electron chi connectivity index (χ4n) is 1.03. The van der Waals surface area contributed by atoms with E-state index in [1.54, 1.807) is 0 Å². The molecule has 0 atom stereocenters. The molecule has 0 bridgehead atoms. The van der Waals surface area contributed by atoms with Gasteiger partial charge in [0.2, 0.25) is 5.91 Å². The summed E-state index contributed by atoms with van der Waals surface area (Å²) in [6, 6.07) is 2.91. The van der Waals surface area contributed by atoms with Crippen LogP contribution in [0.15, 0.2) is 18.2 Å². The van der Waals surface area contributed by atoms with Crippen LogP contribution in [0.4, 0.5) is 20.6 Å². The van der Waals surface area contributed by atoms with Crippen LogP contribution >= 0.6 is 0 Å². The van der Waals surface area contributed by atoms with Crippen LogP contribution in [0.25, 0.3) is 0 Å². The smallest absolute Gasteiger partial charge is 0.316 e. The SMILES string of the molecule is CC(=O)Nc1ccc(F)c(NC(N)=O)c1. The van der Waals surface area contributed by atoms with Crippen LogP contribution in [-0.4, -0.2) is 11.9 Å². The summed E-state index contributed by atoms with van der Waals surface area (Å²) in [6.07, 6.45) is 0. The summed E-state index contributed by atoms with van der Waals surface area (Å²) < 4.78 is 13.1. The molecule has 5 nitrogen and oxygen atoms in total. The van der Waals surface area contributed by atoms with Crippen LogP contribution in [-0.2, 0) is 4.79 Å². The van der Waals surface area contributed by atoms with Crippen molar-refractivity contribution in [1.29, 1.82) is 0 Å². The quantitative estimate of drug-likeness (QED) is 0.688. The molecule has 1 aromatic carbocycles. The number of hydrogen-bond donors (Lipinski definition) is 3. The van der Waals surface area contributed by atoms with Gasteiger partial charge < -0.3 is 16.4 Å². The minimum absolute atomic E-state index is 0.0752. The topological polar surface area (TPSA) is 84.2 Å². The standard InChI is InChI=1S/C9H10FN3O2/c1-5(14)12-6-2-3-7(10)8(4-6)13-9(11)15/h2-4H,1H3,(H,12,14)(H3,11,13,15). The Hall–Kier alpha value is -2.11. The maximum absolute atomic E-state index is 13.1. The van der Waals surface area contributed by atoms with E-state index in [1.165, 1.54) is 19.1 Å². The highest BCUT2D eigenvalue weighted by Gasteiger charge is 2.05. The molecular weight excluding hydrogens is 201 g/mol. The second kappa shape index (κ2) is 4.41. The third kappa shape index (κ3) is 3.26. The summed E-state index contributed by atoms with van der Waals surface area (Å²) >= 11 is 0. The minimum atomic E-state index is -0.867. The Morgan fingerprint density at radius 3 is 2.53 bits per heavy atom. The van der Waals surface area contributed by atoms with Crippen LogP contribution in [0.2, 0.25) is 0 Å². The van der Waals surface area contributed by atoms with Gasteiger partial charge >= 0.3 is 6.03 Å². The van der Waals surface area contributed by atoms with Gasteiger partial charge in [-0.2, -0.15) is 0 Å². The van der Waals surface area contributed by atoms with Gasteiger partial charge in [-0.1, -0.05) is 0 Å². The van der Waals surface area contributed by atoms with Gasteiger partial charge in [-0.3, -0.25) is 4.79 Å². The number of carbonyl (C=O) groups excluding carboxylic acids is 2. The number of amides is 3. The van der Waals surface area contributed by atoms with Gasteiger partial charge in [0.15, 0.2) is 0 Å². The first kappa shape index (κ1) is 11.0. The molecule has 0 aliphatic rings. The van der Waals surface area contributed by atoms with E-state index in [-0.39, 0.29) is 11.6 Å². The molecule has 80 valence electrons. The van der Waals surface area contributed by atoms with Gasteiger partial charge in [0.1, 0.15) is 5.82 Å². The molecule has 0 radical (unpaired) electrons. The van der Waals surface area contributed by atoms with E-state index in [0.29, 0.717) is 5.69 Å². The zero-order valence-electron chi connectivity index (χ0n) is 8.00. The lowest BCUT2D eigenvalue weighted by molar-refractivity contribution is -0.114. The largest absolute Gasteiger partial charge is 0.351 e. The molecule has 15 heavy (non-hydrogen) atoms. The number of nitrogens with one attached hydrogen (secondary N) is 2. The molecule has 0 spiro atoms. The van der Waals surface area contributed by atoms with E-state index in [0.717, 1.165) is 6.07 Å². The molecule has 4 N–H and O–H groups in total. The second-order valence-corrected chi connectivity index (χ2v) is 2.87. The molecule has 1 rings (SSSR count). The maximum Gasteiger partial charge on any atom is 0.316 e. The summed E-state index contributed by atoms with van der Waals surface area (Å²) in [4.78, 5) is 21.2. The second-order valence-electron chi connectivity index (χ2n) is 2.87. The molecule has 0 aliphatic heterocycles. The van der Waals surface area contributed by atoms with Gasteiger partial charge in [-0.25, -0.2) is 9.18 Å². The third-order valence-electron chi connectivity index (χ3n) is 1.54. The molecule has 0 saturated heterocycles. The minimum Gasteiger partial charge on any atom is -0.351 e. The van der Waals surface area contributed by atoms with Crippen molar-refractivity contribution in [2.45, 2.75) is 6.92 Å². The van der Waals surface area contributed by atoms with Gasteiger partial charge in [-0.15, -0.1) is 0 Å². The Bertz CT molecular complexity index is 406. The van der Waals surface area contributed by atoms with Crippen molar-refractivity contribution >= 4 is 23.3 Å². The molecule has 6 heteroatoms. The number of benzene rings is 1. The molecule has 0 saturated carbocycles. The predicted molar refractivity (Wildman–Crippen MR) is 53.9 cm³/mol. The number of hydrogen-bond acceptors (Lipinski definition) is 2. The lowest BCUT2D eigenvalue weighted by Crippen LogP contribution is -2.20. The average Bonchev–Trinajstić information content (AvgIpc) is 2.09. The summed E-state index contributed by atoms with van der Waals surface area (Å²) in [6.45, 7) is 1.32. The highest BCUT2D eigenvalue weighted by Crippen LogP contribution is 2.19. The van der Waals surface area contributed by atoms with Gasteiger partial charge in [0.25, 0.3) is 0 Å². The number of halogens is 1. The van der Waals surface area contributed by atoms with Gasteiger partial charge in [0.05, 0.1) is 5.69 Å². The highest BCUT2D eigenvalue weighted by molar-refractivity contribution is 5.92. The van der Waals surface area contributed by atoms with Crippen molar-refractivity contribution in [2.24, 2.45) is 5.73 Å². The van der Waals surface area contributed by atoms with E-state index in [9.17, 15) is 14.0 Å². The number of nitrogens with two attached hydrogens (primary N) is 1. The number of rotatable bonds is 2. The summed E-state index contributed by atoms with van der Waals surface area (Å²) in [5, 5.41) is 4.55. The Morgan fingerprint density at radius 1 is 1.33 bits per heavy atom. The average molecular weight is 211 g/mol. The van der Waals surface area contributed by atoms with Crippen LogP contribution < -0.4 is 16.4 Å². The van der Waals surface area contributed by atoms with Crippen LogP contribution in [0.3, 0.4) is 0 Å². The normalized spacial score (nSPS) is 9.47. The molecule has 0 aliphatic carbocycles. The van der Waals surface area contributed by atoms with Gasteiger partial charge in [0, 0.05) is 12.6 Å². The first-order valence-corrected chi connectivity index (χ1v) is 4.12. The van der Waals surface area contributed by atoms with Crippen molar-refractivity contribution in [1.82, 2.24) is 0 Å². The fraction of sp³-hybridized carbons (Fsp3) is 0.111. The maximum atomic E-state index is 13.1.